The highest BCUT2D eigenvalue weighted by atomic mass is 16.3. The number of piperazine rings is 1. The van der Waals surface area contributed by atoms with Gasteiger partial charge in [-0.05, 0) is 112 Å². The zero-order chi connectivity index (χ0) is 23.7. The van der Waals surface area contributed by atoms with Crippen molar-refractivity contribution in [2.45, 2.75) is 102 Å². The Balaban J connectivity index is 1.22. The fourth-order valence-electron chi connectivity index (χ4n) is 10.4. The molecule has 5 nitrogen and oxygen atoms in total. The first kappa shape index (κ1) is 24.2. The van der Waals surface area contributed by atoms with Crippen LogP contribution in [0.4, 0.5) is 0 Å². The van der Waals surface area contributed by atoms with Crippen molar-refractivity contribution in [1.82, 2.24) is 14.7 Å². The minimum absolute atomic E-state index is 0.0961. The second-order valence-corrected chi connectivity index (χ2v) is 14.0. The number of rotatable bonds is 2. The van der Waals surface area contributed by atoms with E-state index in [1.165, 1.54) is 70.9 Å². The van der Waals surface area contributed by atoms with Crippen LogP contribution in [0.15, 0.2) is 0 Å². The molecule has 4 saturated carbocycles. The largest absolute Gasteiger partial charge is 0.391 e. The number of hydrogen-bond acceptors (Lipinski definition) is 5. The van der Waals surface area contributed by atoms with Crippen molar-refractivity contribution in [2.24, 2.45) is 34.5 Å². The lowest BCUT2D eigenvalue weighted by atomic mass is 9.44. The molecular formula is C29H51N3O2. The van der Waals surface area contributed by atoms with Crippen LogP contribution in [0.5, 0.6) is 0 Å². The van der Waals surface area contributed by atoms with Crippen molar-refractivity contribution in [1.29, 1.82) is 0 Å². The Kier molecular flexibility index (Phi) is 6.37. The second kappa shape index (κ2) is 8.97. The molecule has 0 radical (unpaired) electrons. The normalized spacial score (nSPS) is 53.2. The number of fused-ring (bicyclic) bond motifs is 5. The highest BCUT2D eigenvalue weighted by Crippen LogP contribution is 2.66. The van der Waals surface area contributed by atoms with Gasteiger partial charge in [-0.3, -0.25) is 9.80 Å². The highest BCUT2D eigenvalue weighted by molar-refractivity contribution is 5.14. The maximum atomic E-state index is 11.7. The van der Waals surface area contributed by atoms with Gasteiger partial charge in [0.05, 0.1) is 12.2 Å². The van der Waals surface area contributed by atoms with E-state index in [1.807, 2.05) is 0 Å². The average Bonchev–Trinajstić information content (AvgIpc) is 3.11. The van der Waals surface area contributed by atoms with Gasteiger partial charge in [0.2, 0.25) is 0 Å². The van der Waals surface area contributed by atoms with E-state index in [1.54, 1.807) is 0 Å². The Bertz CT molecular complexity index is 735. The first-order valence-corrected chi connectivity index (χ1v) is 14.8. The van der Waals surface area contributed by atoms with Crippen LogP contribution in [-0.4, -0.2) is 95.5 Å². The molecule has 2 saturated heterocycles. The van der Waals surface area contributed by atoms with Crippen LogP contribution < -0.4 is 0 Å². The number of aliphatic hydroxyl groups excluding tert-OH is 2. The molecule has 5 heteroatoms. The number of hydrogen-bond donors (Lipinski definition) is 2. The Morgan fingerprint density at radius 2 is 1.41 bits per heavy atom. The van der Waals surface area contributed by atoms with Crippen LogP contribution in [0.1, 0.15) is 78.1 Å². The first-order valence-electron chi connectivity index (χ1n) is 14.8. The molecule has 0 aromatic rings. The quantitative estimate of drug-likeness (QED) is 0.643. The van der Waals surface area contributed by atoms with Gasteiger partial charge in [-0.2, -0.15) is 0 Å². The van der Waals surface area contributed by atoms with Crippen LogP contribution in [0.3, 0.4) is 0 Å². The number of nitrogens with zero attached hydrogens (tertiary/aromatic N) is 3. The van der Waals surface area contributed by atoms with Crippen molar-refractivity contribution in [3.63, 3.8) is 0 Å². The smallest absolute Gasteiger partial charge is 0.0751 e. The predicted molar refractivity (Wildman–Crippen MR) is 137 cm³/mol. The third-order valence-electron chi connectivity index (χ3n) is 12.5. The second-order valence-electron chi connectivity index (χ2n) is 14.0. The van der Waals surface area contributed by atoms with Crippen molar-refractivity contribution >= 4 is 0 Å². The van der Waals surface area contributed by atoms with Gasteiger partial charge >= 0.3 is 0 Å². The topological polar surface area (TPSA) is 50.2 Å². The monoisotopic (exact) mass is 473 g/mol. The van der Waals surface area contributed by atoms with Crippen molar-refractivity contribution in [2.75, 3.05) is 46.3 Å². The summed E-state index contributed by atoms with van der Waals surface area (Å²) in [6.45, 7) is 12.0. The fourth-order valence-corrected chi connectivity index (χ4v) is 10.4. The van der Waals surface area contributed by atoms with E-state index in [4.69, 9.17) is 0 Å². The Hall–Kier alpha value is -0.200. The van der Waals surface area contributed by atoms with Crippen LogP contribution in [0.2, 0.25) is 0 Å². The molecule has 0 bridgehead atoms. The minimum atomic E-state index is -0.165. The van der Waals surface area contributed by atoms with Gasteiger partial charge in [0, 0.05) is 38.3 Å². The molecule has 6 aliphatic rings. The summed E-state index contributed by atoms with van der Waals surface area (Å²) in [5.41, 5.74) is 0.460. The maximum Gasteiger partial charge on any atom is 0.0751 e. The average molecular weight is 474 g/mol. The first-order chi connectivity index (χ1) is 16.3. The van der Waals surface area contributed by atoms with Gasteiger partial charge in [0.1, 0.15) is 0 Å². The van der Waals surface area contributed by atoms with Gasteiger partial charge in [0.15, 0.2) is 0 Å². The molecule has 2 heterocycles. The summed E-state index contributed by atoms with van der Waals surface area (Å²) >= 11 is 0. The summed E-state index contributed by atoms with van der Waals surface area (Å²) in [7, 11) is 2.23. The summed E-state index contributed by atoms with van der Waals surface area (Å²) in [6.07, 6.45) is 12.2. The van der Waals surface area contributed by atoms with Crippen molar-refractivity contribution < 1.29 is 10.2 Å². The molecule has 0 amide bonds. The van der Waals surface area contributed by atoms with E-state index in [9.17, 15) is 10.2 Å². The van der Waals surface area contributed by atoms with Crippen molar-refractivity contribution in [3.8, 4) is 0 Å². The van der Waals surface area contributed by atoms with E-state index in [0.29, 0.717) is 29.3 Å². The van der Waals surface area contributed by atoms with Gasteiger partial charge < -0.3 is 15.1 Å². The zero-order valence-corrected chi connectivity index (χ0v) is 22.2. The van der Waals surface area contributed by atoms with E-state index >= 15 is 0 Å². The number of likely N-dealkylation sites (tertiary alicyclic amines) is 1. The van der Waals surface area contributed by atoms with Gasteiger partial charge in [-0.15, -0.1) is 0 Å². The Morgan fingerprint density at radius 1 is 0.706 bits per heavy atom. The molecule has 2 aliphatic heterocycles. The van der Waals surface area contributed by atoms with E-state index in [0.717, 1.165) is 44.4 Å². The van der Waals surface area contributed by atoms with Crippen LogP contribution in [-0.2, 0) is 0 Å². The lowest BCUT2D eigenvalue weighted by Crippen LogP contribution is -2.60. The predicted octanol–water partition coefficient (Wildman–Crippen LogP) is 3.44. The molecule has 2 N–H and O–H groups in total. The lowest BCUT2D eigenvalue weighted by molar-refractivity contribution is -0.154. The minimum Gasteiger partial charge on any atom is -0.391 e. The Morgan fingerprint density at radius 3 is 2.15 bits per heavy atom. The molecule has 0 unspecified atom stereocenters. The number of aliphatic hydroxyl groups is 2. The summed E-state index contributed by atoms with van der Waals surface area (Å²) in [5.74, 6) is 2.91. The number of likely N-dealkylation sites (N-methyl/N-ethyl adjacent to an activating group) is 1. The van der Waals surface area contributed by atoms with Crippen molar-refractivity contribution in [3.05, 3.63) is 0 Å². The molecule has 4 aliphatic carbocycles. The van der Waals surface area contributed by atoms with Crippen LogP contribution in [0, 0.1) is 34.5 Å². The molecule has 10 atom stereocenters. The molecule has 6 rings (SSSR count). The molecule has 34 heavy (non-hydrogen) atoms. The summed E-state index contributed by atoms with van der Waals surface area (Å²) in [6, 6.07) is 0.739. The molecule has 194 valence electrons. The van der Waals surface area contributed by atoms with Gasteiger partial charge in [-0.25, -0.2) is 0 Å². The summed E-state index contributed by atoms with van der Waals surface area (Å²) in [5, 5.41) is 22.9. The summed E-state index contributed by atoms with van der Waals surface area (Å²) in [4.78, 5) is 7.73. The number of piperidine rings is 1. The van der Waals surface area contributed by atoms with E-state index in [-0.39, 0.29) is 17.6 Å². The van der Waals surface area contributed by atoms with Gasteiger partial charge in [-0.1, -0.05) is 20.3 Å². The standard InChI is InChI=1S/C29H51N3O2/c1-28-10-9-22-21(23(28)18-24(27(28)34)32-15-13-30(3)14-16-32)8-7-20-17-26(33)25(19-29(20,22)2)31-11-5-4-6-12-31/h20-27,33-34H,4-19H2,1-3H3/t20-,21+,22-,23-,24-,25-,26-,27-,28-,29-/m0/s1. The Labute approximate surface area is 208 Å². The maximum absolute atomic E-state index is 11.7. The van der Waals surface area contributed by atoms with Crippen LogP contribution >= 0.6 is 0 Å². The van der Waals surface area contributed by atoms with E-state index < -0.39 is 0 Å². The SMILES string of the molecule is CN1CCN([C@H]2C[C@H]3[C@@H]4CC[C@H]5C[C@H](O)[C@@H](N6CCCCC6)C[C@]5(C)[C@H]4CC[C@]3(C)[C@H]2O)CC1. The third kappa shape index (κ3) is 3.74. The summed E-state index contributed by atoms with van der Waals surface area (Å²) < 4.78 is 0. The third-order valence-corrected chi connectivity index (χ3v) is 12.5. The zero-order valence-electron chi connectivity index (χ0n) is 22.2. The van der Waals surface area contributed by atoms with Gasteiger partial charge in [0.25, 0.3) is 0 Å². The molecule has 0 aromatic carbocycles. The molecule has 6 fully saturated rings. The van der Waals surface area contributed by atoms with Crippen LogP contribution in [0.25, 0.3) is 0 Å². The molecule has 0 spiro atoms. The molecule has 0 aromatic heterocycles. The highest BCUT2D eigenvalue weighted by Gasteiger charge is 2.63. The molecular weight excluding hydrogens is 422 g/mol. The fraction of sp³-hybridized carbons (Fsp3) is 1.00. The lowest BCUT2D eigenvalue weighted by Gasteiger charge is -2.62. The van der Waals surface area contributed by atoms with E-state index in [2.05, 4.69) is 35.6 Å².